The highest BCUT2D eigenvalue weighted by Gasteiger charge is 2.48. The molecule has 0 radical (unpaired) electrons. The molecule has 1 aromatic carbocycles. The molecule has 0 unspecified atom stereocenters. The Kier molecular flexibility index (Phi) is 6.27. The standard InChI is InChI=1S/C23H29N3O3S/c1-15-7-5-8-16(2)20(15)24-23-25(12-6-14-30-23)19(27)11-13-26-21(28)17-9-3-4-10-18(17)22(26)29/h5,7-8,17-18H,3-4,6,9-14H2,1-2H3/t17-,18+. The summed E-state index contributed by atoms with van der Waals surface area (Å²) in [5, 5.41) is 0.719. The van der Waals surface area contributed by atoms with Crippen LogP contribution in [0.15, 0.2) is 23.2 Å². The Morgan fingerprint density at radius 1 is 1.07 bits per heavy atom. The van der Waals surface area contributed by atoms with Crippen LogP contribution in [-0.4, -0.2) is 51.5 Å². The number of amides is 3. The maximum absolute atomic E-state index is 13.0. The first-order valence-electron chi connectivity index (χ1n) is 10.9. The molecule has 6 nitrogen and oxygen atoms in total. The highest BCUT2D eigenvalue weighted by Crippen LogP contribution is 2.38. The lowest BCUT2D eigenvalue weighted by atomic mass is 9.81. The first-order valence-corrected chi connectivity index (χ1v) is 11.9. The van der Waals surface area contributed by atoms with Gasteiger partial charge in [-0.1, -0.05) is 42.8 Å². The van der Waals surface area contributed by atoms with E-state index in [1.165, 1.54) is 4.90 Å². The van der Waals surface area contributed by atoms with Crippen molar-refractivity contribution in [2.75, 3.05) is 18.8 Å². The van der Waals surface area contributed by atoms with Gasteiger partial charge >= 0.3 is 0 Å². The number of carbonyl (C=O) groups is 3. The number of nitrogens with zero attached hydrogens (tertiary/aromatic N) is 3. The number of thioether (sulfide) groups is 1. The van der Waals surface area contributed by atoms with Gasteiger partial charge < -0.3 is 0 Å². The van der Waals surface area contributed by atoms with Gasteiger partial charge in [-0.05, 0) is 44.2 Å². The Hall–Kier alpha value is -2.15. The van der Waals surface area contributed by atoms with Gasteiger partial charge in [-0.3, -0.25) is 24.2 Å². The average molecular weight is 428 g/mol. The molecule has 4 rings (SSSR count). The van der Waals surface area contributed by atoms with Gasteiger partial charge in [-0.25, -0.2) is 4.99 Å². The van der Waals surface area contributed by atoms with E-state index in [0.29, 0.717) is 6.54 Å². The van der Waals surface area contributed by atoms with E-state index in [0.717, 1.165) is 59.8 Å². The Labute approximate surface area is 182 Å². The maximum atomic E-state index is 13.0. The topological polar surface area (TPSA) is 70.1 Å². The van der Waals surface area contributed by atoms with Crippen LogP contribution in [-0.2, 0) is 14.4 Å². The van der Waals surface area contributed by atoms with Gasteiger partial charge in [0.25, 0.3) is 0 Å². The van der Waals surface area contributed by atoms with Crippen LogP contribution >= 0.6 is 11.8 Å². The van der Waals surface area contributed by atoms with Gasteiger partial charge in [0.1, 0.15) is 0 Å². The molecule has 0 spiro atoms. The van der Waals surface area contributed by atoms with Crippen LogP contribution < -0.4 is 0 Å². The van der Waals surface area contributed by atoms with Gasteiger partial charge in [0, 0.05) is 25.3 Å². The van der Waals surface area contributed by atoms with Crippen molar-refractivity contribution in [3.63, 3.8) is 0 Å². The summed E-state index contributed by atoms with van der Waals surface area (Å²) in [4.78, 5) is 46.3. The maximum Gasteiger partial charge on any atom is 0.233 e. The summed E-state index contributed by atoms with van der Waals surface area (Å²) in [6.45, 7) is 4.86. The fourth-order valence-electron chi connectivity index (χ4n) is 4.76. The minimum atomic E-state index is -0.159. The second-order valence-electron chi connectivity index (χ2n) is 8.46. The smallest absolute Gasteiger partial charge is 0.233 e. The number of para-hydroxylation sites is 1. The molecule has 2 heterocycles. The number of aliphatic imine (C=N–C) groups is 1. The number of rotatable bonds is 4. The van der Waals surface area contributed by atoms with Crippen LogP contribution in [0, 0.1) is 25.7 Å². The lowest BCUT2D eigenvalue weighted by Crippen LogP contribution is -2.41. The van der Waals surface area contributed by atoms with Crippen LogP contribution in [0.25, 0.3) is 0 Å². The normalized spacial score (nSPS) is 25.7. The molecule has 7 heteroatoms. The lowest BCUT2D eigenvalue weighted by Gasteiger charge is -2.28. The van der Waals surface area contributed by atoms with E-state index >= 15 is 0 Å². The molecule has 2 aliphatic heterocycles. The van der Waals surface area contributed by atoms with Gasteiger partial charge in [-0.2, -0.15) is 0 Å². The zero-order valence-electron chi connectivity index (χ0n) is 17.7. The summed E-state index contributed by atoms with van der Waals surface area (Å²) >= 11 is 1.59. The van der Waals surface area contributed by atoms with Crippen molar-refractivity contribution in [3.8, 4) is 0 Å². The second kappa shape index (κ2) is 8.92. The van der Waals surface area contributed by atoms with E-state index in [1.807, 2.05) is 32.0 Å². The van der Waals surface area contributed by atoms with E-state index in [1.54, 1.807) is 16.7 Å². The molecule has 0 aromatic heterocycles. The quantitative estimate of drug-likeness (QED) is 0.685. The van der Waals surface area contributed by atoms with Gasteiger partial charge in [-0.15, -0.1) is 0 Å². The van der Waals surface area contributed by atoms with Crippen molar-refractivity contribution in [2.45, 2.75) is 52.4 Å². The fraction of sp³-hybridized carbons (Fsp3) is 0.565. The molecule has 0 N–H and O–H groups in total. The number of imide groups is 1. The Morgan fingerprint density at radius 3 is 2.33 bits per heavy atom. The second-order valence-corrected chi connectivity index (χ2v) is 9.52. The average Bonchev–Trinajstić information content (AvgIpc) is 2.99. The summed E-state index contributed by atoms with van der Waals surface area (Å²) in [5.74, 6) is 0.397. The molecule has 1 saturated carbocycles. The van der Waals surface area contributed by atoms with Crippen molar-refractivity contribution in [1.82, 2.24) is 9.80 Å². The Balaban J connectivity index is 1.46. The zero-order valence-corrected chi connectivity index (χ0v) is 18.5. The summed E-state index contributed by atoms with van der Waals surface area (Å²) < 4.78 is 0. The molecule has 2 atom stereocenters. The largest absolute Gasteiger partial charge is 0.291 e. The highest BCUT2D eigenvalue weighted by molar-refractivity contribution is 8.13. The number of fused-ring (bicyclic) bond motifs is 1. The number of hydrogen-bond donors (Lipinski definition) is 0. The van der Waals surface area contributed by atoms with Crippen molar-refractivity contribution in [1.29, 1.82) is 0 Å². The van der Waals surface area contributed by atoms with Crippen LogP contribution in [0.1, 0.15) is 49.7 Å². The number of aryl methyl sites for hydroxylation is 2. The predicted molar refractivity (Wildman–Crippen MR) is 119 cm³/mol. The van der Waals surface area contributed by atoms with E-state index in [4.69, 9.17) is 4.99 Å². The first-order chi connectivity index (χ1) is 14.5. The van der Waals surface area contributed by atoms with Crippen molar-refractivity contribution in [3.05, 3.63) is 29.3 Å². The molecular weight excluding hydrogens is 398 g/mol. The van der Waals surface area contributed by atoms with E-state index < -0.39 is 0 Å². The van der Waals surface area contributed by atoms with Crippen LogP contribution in [0.5, 0.6) is 0 Å². The lowest BCUT2D eigenvalue weighted by molar-refractivity contribution is -0.140. The number of carbonyl (C=O) groups excluding carboxylic acids is 3. The predicted octanol–water partition coefficient (Wildman–Crippen LogP) is 3.82. The molecule has 3 amide bonds. The van der Waals surface area contributed by atoms with Crippen molar-refractivity contribution in [2.24, 2.45) is 16.8 Å². The zero-order chi connectivity index (χ0) is 21.3. The third-order valence-corrected chi connectivity index (χ3v) is 7.48. The Bertz CT molecular complexity index is 853. The SMILES string of the molecule is Cc1cccc(C)c1N=C1SCCCN1C(=O)CCN1C(=O)[C@H]2CCCC[C@H]2C1=O. The Morgan fingerprint density at radius 2 is 1.70 bits per heavy atom. The van der Waals surface area contributed by atoms with E-state index in [9.17, 15) is 14.4 Å². The van der Waals surface area contributed by atoms with Gasteiger partial charge in [0.2, 0.25) is 17.7 Å². The summed E-state index contributed by atoms with van der Waals surface area (Å²) in [7, 11) is 0. The van der Waals surface area contributed by atoms with Crippen molar-refractivity contribution < 1.29 is 14.4 Å². The van der Waals surface area contributed by atoms with Crippen molar-refractivity contribution >= 4 is 40.3 Å². The monoisotopic (exact) mass is 427 g/mol. The molecular formula is C23H29N3O3S. The van der Waals surface area contributed by atoms with E-state index in [2.05, 4.69) is 0 Å². The molecule has 1 aliphatic carbocycles. The summed E-state index contributed by atoms with van der Waals surface area (Å²) in [6.07, 6.45) is 4.69. The molecule has 30 heavy (non-hydrogen) atoms. The number of hydrogen-bond acceptors (Lipinski definition) is 5. The molecule has 1 aromatic rings. The summed E-state index contributed by atoms with van der Waals surface area (Å²) in [5.41, 5.74) is 3.07. The molecule has 160 valence electrons. The van der Waals surface area contributed by atoms with Gasteiger partial charge in [0.05, 0.1) is 17.5 Å². The fourth-order valence-corrected chi connectivity index (χ4v) is 5.72. The number of amidine groups is 1. The summed E-state index contributed by atoms with van der Waals surface area (Å²) in [6, 6.07) is 6.05. The minimum Gasteiger partial charge on any atom is -0.291 e. The molecule has 0 bridgehead atoms. The third-order valence-electron chi connectivity index (χ3n) is 6.42. The third kappa shape index (κ3) is 4.04. The minimum absolute atomic E-state index is 0.0670. The van der Waals surface area contributed by atoms with Crippen LogP contribution in [0.2, 0.25) is 0 Å². The highest BCUT2D eigenvalue weighted by atomic mass is 32.2. The molecule has 2 saturated heterocycles. The van der Waals surface area contributed by atoms with E-state index in [-0.39, 0.29) is 42.5 Å². The number of benzene rings is 1. The van der Waals surface area contributed by atoms with Crippen LogP contribution in [0.3, 0.4) is 0 Å². The van der Waals surface area contributed by atoms with Gasteiger partial charge in [0.15, 0.2) is 5.17 Å². The molecule has 3 fully saturated rings. The first kappa shape index (κ1) is 21.1. The molecule has 3 aliphatic rings. The number of likely N-dealkylation sites (tertiary alicyclic amines) is 1. The van der Waals surface area contributed by atoms with Crippen LogP contribution in [0.4, 0.5) is 5.69 Å².